The lowest BCUT2D eigenvalue weighted by Crippen LogP contribution is -2.22. The Morgan fingerprint density at radius 3 is 2.72 bits per heavy atom. The van der Waals surface area contributed by atoms with E-state index >= 15 is 0 Å². The Bertz CT molecular complexity index is 386. The number of benzene rings is 1. The highest BCUT2D eigenvalue weighted by Crippen LogP contribution is 2.07. The largest absolute Gasteiger partial charge is 0.409 e. The van der Waals surface area contributed by atoms with E-state index in [0.717, 1.165) is 30.1 Å². The number of amidine groups is 1. The molecule has 0 fully saturated rings. The maximum absolute atomic E-state index is 8.64. The third-order valence-electron chi connectivity index (χ3n) is 3.25. The van der Waals surface area contributed by atoms with Crippen LogP contribution in [0.2, 0.25) is 0 Å². The zero-order valence-corrected chi connectivity index (χ0v) is 11.2. The van der Waals surface area contributed by atoms with Crippen molar-refractivity contribution < 1.29 is 5.21 Å². The summed E-state index contributed by atoms with van der Waals surface area (Å²) in [6.07, 6.45) is 2.40. The van der Waals surface area contributed by atoms with Crippen molar-refractivity contribution >= 4 is 5.84 Å². The SMILES string of the molecule is CCC(CC)CNCc1cccc(/C(N)=N/O)c1. The summed E-state index contributed by atoms with van der Waals surface area (Å²) >= 11 is 0. The molecular formula is C14H23N3O. The molecule has 4 heteroatoms. The molecule has 100 valence electrons. The molecule has 1 aromatic carbocycles. The predicted molar refractivity (Wildman–Crippen MR) is 74.7 cm³/mol. The predicted octanol–water partition coefficient (Wildman–Crippen LogP) is 2.31. The van der Waals surface area contributed by atoms with Gasteiger partial charge in [0.25, 0.3) is 0 Å². The first kappa shape index (κ1) is 14.5. The molecule has 18 heavy (non-hydrogen) atoms. The van der Waals surface area contributed by atoms with E-state index in [4.69, 9.17) is 10.9 Å². The van der Waals surface area contributed by atoms with E-state index in [0.29, 0.717) is 0 Å². The van der Waals surface area contributed by atoms with Crippen LogP contribution < -0.4 is 11.1 Å². The van der Waals surface area contributed by atoms with Gasteiger partial charge >= 0.3 is 0 Å². The van der Waals surface area contributed by atoms with Crippen molar-refractivity contribution in [3.05, 3.63) is 35.4 Å². The number of oxime groups is 1. The summed E-state index contributed by atoms with van der Waals surface area (Å²) in [6.45, 7) is 6.27. The van der Waals surface area contributed by atoms with E-state index in [2.05, 4.69) is 24.3 Å². The maximum Gasteiger partial charge on any atom is 0.170 e. The van der Waals surface area contributed by atoms with Gasteiger partial charge in [0.15, 0.2) is 5.84 Å². The molecule has 1 rings (SSSR count). The van der Waals surface area contributed by atoms with Gasteiger partial charge < -0.3 is 16.3 Å². The second-order valence-corrected chi connectivity index (χ2v) is 4.50. The number of hydrogen-bond acceptors (Lipinski definition) is 3. The number of hydrogen-bond donors (Lipinski definition) is 3. The summed E-state index contributed by atoms with van der Waals surface area (Å²) in [5, 5.41) is 15.1. The van der Waals surface area contributed by atoms with Crippen molar-refractivity contribution in [2.24, 2.45) is 16.8 Å². The molecule has 0 amide bonds. The highest BCUT2D eigenvalue weighted by Gasteiger charge is 2.03. The molecule has 0 aliphatic carbocycles. The van der Waals surface area contributed by atoms with E-state index in [1.165, 1.54) is 12.8 Å². The van der Waals surface area contributed by atoms with Gasteiger partial charge in [-0.25, -0.2) is 0 Å². The van der Waals surface area contributed by atoms with E-state index in [9.17, 15) is 0 Å². The summed E-state index contributed by atoms with van der Waals surface area (Å²) in [6, 6.07) is 7.73. The van der Waals surface area contributed by atoms with Crippen LogP contribution in [0.25, 0.3) is 0 Å². The fourth-order valence-electron chi connectivity index (χ4n) is 1.90. The molecule has 0 aliphatic rings. The van der Waals surface area contributed by atoms with Crippen molar-refractivity contribution in [3.8, 4) is 0 Å². The van der Waals surface area contributed by atoms with Gasteiger partial charge in [0.1, 0.15) is 0 Å². The van der Waals surface area contributed by atoms with Gasteiger partial charge in [-0.1, -0.05) is 50.0 Å². The van der Waals surface area contributed by atoms with Gasteiger partial charge in [-0.05, 0) is 24.1 Å². The molecule has 0 aromatic heterocycles. The van der Waals surface area contributed by atoms with Crippen LogP contribution in [0.15, 0.2) is 29.4 Å². The minimum absolute atomic E-state index is 0.150. The molecule has 0 unspecified atom stereocenters. The monoisotopic (exact) mass is 249 g/mol. The fraction of sp³-hybridized carbons (Fsp3) is 0.500. The molecule has 0 saturated heterocycles. The molecule has 0 bridgehead atoms. The van der Waals surface area contributed by atoms with Crippen molar-refractivity contribution in [1.82, 2.24) is 5.32 Å². The quantitative estimate of drug-likeness (QED) is 0.300. The Balaban J connectivity index is 2.52. The highest BCUT2D eigenvalue weighted by atomic mass is 16.4. The fourth-order valence-corrected chi connectivity index (χ4v) is 1.90. The topological polar surface area (TPSA) is 70.6 Å². The summed E-state index contributed by atoms with van der Waals surface area (Å²) < 4.78 is 0. The lowest BCUT2D eigenvalue weighted by molar-refractivity contribution is 0.318. The summed E-state index contributed by atoms with van der Waals surface area (Å²) in [5.74, 6) is 0.883. The van der Waals surface area contributed by atoms with Crippen LogP contribution in [0.4, 0.5) is 0 Å². The molecular weight excluding hydrogens is 226 g/mol. The summed E-state index contributed by atoms with van der Waals surface area (Å²) in [7, 11) is 0. The van der Waals surface area contributed by atoms with Crippen LogP contribution in [0.3, 0.4) is 0 Å². The van der Waals surface area contributed by atoms with Crippen LogP contribution in [-0.4, -0.2) is 17.6 Å². The smallest absolute Gasteiger partial charge is 0.170 e. The van der Waals surface area contributed by atoms with Gasteiger partial charge in [0.05, 0.1) is 0 Å². The summed E-state index contributed by atoms with van der Waals surface area (Å²) in [4.78, 5) is 0. The average Bonchev–Trinajstić information content (AvgIpc) is 2.43. The molecule has 0 spiro atoms. The lowest BCUT2D eigenvalue weighted by Gasteiger charge is -2.13. The Labute approximate surface area is 109 Å². The molecule has 0 radical (unpaired) electrons. The third kappa shape index (κ3) is 4.37. The van der Waals surface area contributed by atoms with Crippen molar-refractivity contribution in [2.45, 2.75) is 33.2 Å². The van der Waals surface area contributed by atoms with Crippen molar-refractivity contribution in [1.29, 1.82) is 0 Å². The Kier molecular flexibility index (Phi) is 6.22. The molecule has 0 heterocycles. The standard InChI is InChI=1S/C14H23N3O/c1-3-11(4-2)9-16-10-12-6-5-7-13(8-12)14(15)17-18/h5-8,11,16,18H,3-4,9-10H2,1-2H3,(H2,15,17). The first-order chi connectivity index (χ1) is 8.71. The Morgan fingerprint density at radius 2 is 2.11 bits per heavy atom. The normalized spacial score (nSPS) is 12.1. The van der Waals surface area contributed by atoms with Crippen LogP contribution in [0.1, 0.15) is 37.8 Å². The molecule has 4 nitrogen and oxygen atoms in total. The van der Waals surface area contributed by atoms with Crippen LogP contribution in [0, 0.1) is 5.92 Å². The van der Waals surface area contributed by atoms with Gasteiger partial charge in [0, 0.05) is 12.1 Å². The molecule has 0 saturated carbocycles. The minimum Gasteiger partial charge on any atom is -0.409 e. The second-order valence-electron chi connectivity index (χ2n) is 4.50. The van der Waals surface area contributed by atoms with Crippen molar-refractivity contribution in [2.75, 3.05) is 6.54 Å². The Morgan fingerprint density at radius 1 is 1.39 bits per heavy atom. The Hall–Kier alpha value is -1.55. The van der Waals surface area contributed by atoms with Gasteiger partial charge in [0.2, 0.25) is 0 Å². The molecule has 0 aliphatic heterocycles. The number of rotatable bonds is 7. The first-order valence-corrected chi connectivity index (χ1v) is 6.48. The van der Waals surface area contributed by atoms with Crippen LogP contribution >= 0.6 is 0 Å². The van der Waals surface area contributed by atoms with Crippen molar-refractivity contribution in [3.63, 3.8) is 0 Å². The van der Waals surface area contributed by atoms with E-state index < -0.39 is 0 Å². The second kappa shape index (κ2) is 7.71. The van der Waals surface area contributed by atoms with Crippen LogP contribution in [-0.2, 0) is 6.54 Å². The third-order valence-corrected chi connectivity index (χ3v) is 3.25. The number of nitrogens with one attached hydrogen (secondary N) is 1. The van der Waals surface area contributed by atoms with Gasteiger partial charge in [-0.3, -0.25) is 0 Å². The zero-order chi connectivity index (χ0) is 13.4. The zero-order valence-electron chi connectivity index (χ0n) is 11.2. The van der Waals surface area contributed by atoms with Gasteiger partial charge in [-0.2, -0.15) is 0 Å². The highest BCUT2D eigenvalue weighted by molar-refractivity contribution is 5.97. The van der Waals surface area contributed by atoms with Gasteiger partial charge in [-0.15, -0.1) is 0 Å². The van der Waals surface area contributed by atoms with E-state index in [1.807, 2.05) is 24.3 Å². The van der Waals surface area contributed by atoms with Crippen LogP contribution in [0.5, 0.6) is 0 Å². The number of nitrogens with zero attached hydrogens (tertiary/aromatic N) is 1. The lowest BCUT2D eigenvalue weighted by atomic mass is 10.0. The molecule has 4 N–H and O–H groups in total. The van der Waals surface area contributed by atoms with E-state index in [1.54, 1.807) is 0 Å². The molecule has 1 aromatic rings. The van der Waals surface area contributed by atoms with E-state index in [-0.39, 0.29) is 5.84 Å². The number of nitrogens with two attached hydrogens (primary N) is 1. The first-order valence-electron chi connectivity index (χ1n) is 6.48. The molecule has 0 atom stereocenters. The average molecular weight is 249 g/mol. The minimum atomic E-state index is 0.150. The maximum atomic E-state index is 8.64. The summed E-state index contributed by atoms with van der Waals surface area (Å²) in [5.41, 5.74) is 7.46.